The zero-order chi connectivity index (χ0) is 5.98. The molecule has 9 heavy (non-hydrogen) atoms. The molecular weight excluding hydrogens is 209 g/mol. The fourth-order valence-electron chi connectivity index (χ4n) is 0.580. The molecule has 0 saturated carbocycles. The normalized spacial score (nSPS) is 24.7. The Morgan fingerprint density at radius 3 is 2.67 bits per heavy atom. The summed E-state index contributed by atoms with van der Waals surface area (Å²) < 4.78 is 0. The van der Waals surface area contributed by atoms with Crippen molar-refractivity contribution in [1.29, 1.82) is 0 Å². The Bertz CT molecular complexity index is 116. The molecular formula is C5H9N2SY-. The number of hydrogen-bond acceptors (Lipinski definition) is 2. The van der Waals surface area contributed by atoms with Crippen LogP contribution in [0.4, 0.5) is 0 Å². The van der Waals surface area contributed by atoms with Gasteiger partial charge in [-0.15, -0.1) is 11.8 Å². The first kappa shape index (κ1) is 9.92. The molecule has 1 heterocycles. The number of amidine groups is 1. The minimum absolute atomic E-state index is 0. The molecule has 0 aromatic carbocycles. The summed E-state index contributed by atoms with van der Waals surface area (Å²) in [6.07, 6.45) is 0. The molecule has 1 atom stereocenters. The van der Waals surface area contributed by atoms with E-state index >= 15 is 0 Å². The minimum atomic E-state index is 0. The third kappa shape index (κ3) is 3.01. The van der Waals surface area contributed by atoms with E-state index in [0.29, 0.717) is 6.04 Å². The van der Waals surface area contributed by atoms with Gasteiger partial charge >= 0.3 is 0 Å². The molecule has 1 unspecified atom stereocenters. The van der Waals surface area contributed by atoms with Crippen molar-refractivity contribution in [3.05, 3.63) is 5.32 Å². The molecule has 0 aromatic heterocycles. The van der Waals surface area contributed by atoms with Crippen molar-refractivity contribution in [1.82, 2.24) is 0 Å². The van der Waals surface area contributed by atoms with E-state index in [9.17, 15) is 0 Å². The van der Waals surface area contributed by atoms with Crippen molar-refractivity contribution < 1.29 is 32.7 Å². The van der Waals surface area contributed by atoms with E-state index in [0.717, 1.165) is 10.9 Å². The van der Waals surface area contributed by atoms with Crippen LogP contribution in [0.2, 0.25) is 0 Å². The van der Waals surface area contributed by atoms with Crippen molar-refractivity contribution in [3.8, 4) is 0 Å². The van der Waals surface area contributed by atoms with Crippen molar-refractivity contribution in [2.75, 3.05) is 12.8 Å². The van der Waals surface area contributed by atoms with E-state index in [4.69, 9.17) is 0 Å². The smallest absolute Gasteiger partial charge is 0 e. The molecule has 0 fully saturated rings. The predicted molar refractivity (Wildman–Crippen MR) is 38.6 cm³/mol. The SMILES string of the molecule is C[N-]C1=NC(C)CS1.[Y]. The molecule has 2 nitrogen and oxygen atoms in total. The number of thioether (sulfide) groups is 1. The molecule has 0 aromatic rings. The Morgan fingerprint density at radius 2 is 2.44 bits per heavy atom. The zero-order valence-corrected chi connectivity index (χ0v) is 9.32. The van der Waals surface area contributed by atoms with Crippen LogP contribution >= 0.6 is 11.8 Å². The molecule has 1 rings (SSSR count). The second-order valence-electron chi connectivity index (χ2n) is 1.80. The molecule has 1 aliphatic rings. The van der Waals surface area contributed by atoms with Crippen LogP contribution in [0.25, 0.3) is 5.32 Å². The average Bonchev–Trinajstić information content (AvgIpc) is 2.14. The van der Waals surface area contributed by atoms with Crippen LogP contribution in [-0.4, -0.2) is 24.0 Å². The van der Waals surface area contributed by atoms with Crippen LogP contribution in [0.15, 0.2) is 4.99 Å². The monoisotopic (exact) mass is 218 g/mol. The Kier molecular flexibility index (Phi) is 5.18. The Morgan fingerprint density at radius 1 is 1.78 bits per heavy atom. The summed E-state index contributed by atoms with van der Waals surface area (Å²) in [6.45, 7) is 2.10. The van der Waals surface area contributed by atoms with E-state index in [-0.39, 0.29) is 32.7 Å². The zero-order valence-electron chi connectivity index (χ0n) is 5.66. The minimum Gasteiger partial charge on any atom is -0.464 e. The van der Waals surface area contributed by atoms with Gasteiger partial charge in [0.05, 0.1) is 0 Å². The molecule has 4 heteroatoms. The Labute approximate surface area is 85.1 Å². The summed E-state index contributed by atoms with van der Waals surface area (Å²) in [5.41, 5.74) is 0. The second-order valence-corrected chi connectivity index (χ2v) is 2.78. The molecule has 0 saturated heterocycles. The first-order chi connectivity index (χ1) is 3.83. The van der Waals surface area contributed by atoms with Gasteiger partial charge in [-0.3, -0.25) is 0 Å². The number of hydrogen-bond donors (Lipinski definition) is 0. The average molecular weight is 218 g/mol. The molecule has 0 N–H and O–H groups in total. The van der Waals surface area contributed by atoms with Gasteiger partial charge in [-0.25, -0.2) is 0 Å². The quantitative estimate of drug-likeness (QED) is 0.604. The van der Waals surface area contributed by atoms with E-state index in [2.05, 4.69) is 17.2 Å². The van der Waals surface area contributed by atoms with Gasteiger partial charge in [0, 0.05) is 32.7 Å². The van der Waals surface area contributed by atoms with Crippen LogP contribution in [0.5, 0.6) is 0 Å². The summed E-state index contributed by atoms with van der Waals surface area (Å²) in [5, 5.41) is 4.91. The van der Waals surface area contributed by atoms with E-state index in [1.54, 1.807) is 18.8 Å². The Hall–Kier alpha value is 0.924. The standard InChI is InChI=1S/C5H9N2S.Y/c1-4-3-8-5(6-2)7-4;/h4H,3H2,1-2H3;/q-1;. The summed E-state index contributed by atoms with van der Waals surface area (Å²) in [6, 6.07) is 0.485. The van der Waals surface area contributed by atoms with Crippen molar-refractivity contribution >= 4 is 16.9 Å². The summed E-state index contributed by atoms with van der Waals surface area (Å²) in [4.78, 5) is 4.22. The fraction of sp³-hybridized carbons (Fsp3) is 0.800. The van der Waals surface area contributed by atoms with Gasteiger partial charge in [0.25, 0.3) is 0 Å². The Balaban J connectivity index is 0.000000640. The maximum absolute atomic E-state index is 4.22. The molecule has 0 amide bonds. The third-order valence-corrected chi connectivity index (χ3v) is 2.17. The number of rotatable bonds is 0. The van der Waals surface area contributed by atoms with E-state index in [1.807, 2.05) is 0 Å². The van der Waals surface area contributed by atoms with Gasteiger partial charge < -0.3 is 10.3 Å². The van der Waals surface area contributed by atoms with Crippen LogP contribution in [0, 0.1) is 0 Å². The molecule has 0 bridgehead atoms. The van der Waals surface area contributed by atoms with Crippen LogP contribution in [0.3, 0.4) is 0 Å². The van der Waals surface area contributed by atoms with Gasteiger partial charge in [-0.05, 0) is 17.0 Å². The topological polar surface area (TPSA) is 26.5 Å². The van der Waals surface area contributed by atoms with Crippen LogP contribution < -0.4 is 0 Å². The van der Waals surface area contributed by atoms with Gasteiger partial charge in [-0.1, -0.05) is 14.0 Å². The molecule has 49 valence electrons. The first-order valence-electron chi connectivity index (χ1n) is 2.63. The maximum atomic E-state index is 4.22. The van der Waals surface area contributed by atoms with Gasteiger partial charge in [0.1, 0.15) is 0 Å². The van der Waals surface area contributed by atoms with Crippen molar-refractivity contribution in [2.24, 2.45) is 4.99 Å². The summed E-state index contributed by atoms with van der Waals surface area (Å²) in [7, 11) is 1.78. The molecule has 1 aliphatic heterocycles. The van der Waals surface area contributed by atoms with Gasteiger partial charge in [-0.2, -0.15) is 0 Å². The molecule has 0 aliphatic carbocycles. The molecule has 0 spiro atoms. The fourth-order valence-corrected chi connectivity index (χ4v) is 1.43. The van der Waals surface area contributed by atoms with Gasteiger partial charge in [0.15, 0.2) is 0 Å². The number of aliphatic imine (C=N–C) groups is 1. The second kappa shape index (κ2) is 4.70. The van der Waals surface area contributed by atoms with Crippen molar-refractivity contribution in [3.63, 3.8) is 0 Å². The van der Waals surface area contributed by atoms with E-state index in [1.165, 1.54) is 0 Å². The van der Waals surface area contributed by atoms with E-state index < -0.39 is 0 Å². The predicted octanol–water partition coefficient (Wildman–Crippen LogP) is 1.48. The van der Waals surface area contributed by atoms with Crippen LogP contribution in [-0.2, 0) is 32.7 Å². The van der Waals surface area contributed by atoms with Crippen molar-refractivity contribution in [2.45, 2.75) is 13.0 Å². The first-order valence-corrected chi connectivity index (χ1v) is 3.62. The van der Waals surface area contributed by atoms with Gasteiger partial charge in [0.2, 0.25) is 0 Å². The maximum Gasteiger partial charge on any atom is 0 e. The summed E-state index contributed by atoms with van der Waals surface area (Å²) in [5.74, 6) is 1.10. The molecule has 1 radical (unpaired) electrons. The largest absolute Gasteiger partial charge is 0.464 e. The summed E-state index contributed by atoms with van der Waals surface area (Å²) >= 11 is 1.73. The third-order valence-electron chi connectivity index (χ3n) is 0.976. The number of nitrogens with zero attached hydrogens (tertiary/aromatic N) is 2. The van der Waals surface area contributed by atoms with Crippen LogP contribution in [0.1, 0.15) is 6.92 Å².